The number of ether oxygens (including phenoxy) is 2. The molecule has 2 atom stereocenters. The molecule has 0 saturated carbocycles. The fourth-order valence-corrected chi connectivity index (χ4v) is 3.09. The number of hydrogen-bond donors (Lipinski definition) is 3. The molecule has 0 heterocycles. The number of phenolic OH excluding ortho intramolecular Hbond substituents is 1. The van der Waals surface area contributed by atoms with Crippen LogP contribution in [0.3, 0.4) is 0 Å². The standard InChI is InChI=1S/C21H22BrNO6/c1-28-18(9-5-6-10-19(25)26)20(16-13-14(22)11-12-17(16)24)29-21(27)23-15-7-3-2-4-8-15/h2-4,6-8,10-13,18,20,24H,5,9H2,1H3,(H,23,27)(H,25,26)/b10-6+/t18-,20-/m1/s1. The fraction of sp³-hybridized carbons (Fsp3) is 0.238. The number of nitrogens with one attached hydrogen (secondary N) is 1. The number of carbonyl (C=O) groups excluding carboxylic acids is 1. The molecule has 0 aromatic heterocycles. The minimum atomic E-state index is -1.04. The summed E-state index contributed by atoms with van der Waals surface area (Å²) in [7, 11) is 1.46. The summed E-state index contributed by atoms with van der Waals surface area (Å²) in [6.07, 6.45) is 1.06. The molecule has 2 rings (SSSR count). The monoisotopic (exact) mass is 463 g/mol. The maximum Gasteiger partial charge on any atom is 0.412 e. The van der Waals surface area contributed by atoms with Crippen LogP contribution in [0.4, 0.5) is 10.5 Å². The molecule has 8 heteroatoms. The Morgan fingerprint density at radius 2 is 1.93 bits per heavy atom. The second-order valence-corrected chi connectivity index (χ2v) is 7.03. The van der Waals surface area contributed by atoms with Gasteiger partial charge in [0.2, 0.25) is 0 Å². The van der Waals surface area contributed by atoms with Crippen LogP contribution in [0, 0.1) is 0 Å². The number of methoxy groups -OCH3 is 1. The summed E-state index contributed by atoms with van der Waals surface area (Å²) in [4.78, 5) is 23.1. The molecule has 0 aliphatic carbocycles. The number of rotatable bonds is 9. The molecule has 0 radical (unpaired) electrons. The van der Waals surface area contributed by atoms with E-state index in [1.54, 1.807) is 36.4 Å². The van der Waals surface area contributed by atoms with E-state index in [0.29, 0.717) is 28.6 Å². The maximum absolute atomic E-state index is 12.5. The largest absolute Gasteiger partial charge is 0.508 e. The third-order valence-corrected chi connectivity index (χ3v) is 4.56. The van der Waals surface area contributed by atoms with E-state index in [9.17, 15) is 14.7 Å². The Balaban J connectivity index is 2.23. The first kappa shape index (κ1) is 22.4. The molecule has 3 N–H and O–H groups in total. The van der Waals surface area contributed by atoms with Crippen molar-refractivity contribution in [3.8, 4) is 5.75 Å². The predicted octanol–water partition coefficient (Wildman–Crippen LogP) is 4.88. The third kappa shape index (κ3) is 7.24. The summed E-state index contributed by atoms with van der Waals surface area (Å²) in [6.45, 7) is 0. The normalized spacial score (nSPS) is 13.0. The molecular formula is C21H22BrNO6. The SMILES string of the molecule is CO[C@H](CC/C=C/C(=O)O)[C@H](OC(=O)Nc1ccccc1)c1cc(Br)ccc1O. The summed E-state index contributed by atoms with van der Waals surface area (Å²) in [6, 6.07) is 13.6. The smallest absolute Gasteiger partial charge is 0.412 e. The zero-order valence-corrected chi connectivity index (χ0v) is 17.3. The van der Waals surface area contributed by atoms with E-state index in [1.807, 2.05) is 6.07 Å². The number of hydrogen-bond acceptors (Lipinski definition) is 5. The highest BCUT2D eigenvalue weighted by molar-refractivity contribution is 9.10. The number of anilines is 1. The maximum atomic E-state index is 12.5. The lowest BCUT2D eigenvalue weighted by Gasteiger charge is -2.27. The molecule has 0 aliphatic heterocycles. The Bertz CT molecular complexity index is 856. The molecule has 0 aliphatic rings. The van der Waals surface area contributed by atoms with Crippen LogP contribution in [0.2, 0.25) is 0 Å². The number of phenols is 1. The van der Waals surface area contributed by atoms with E-state index in [2.05, 4.69) is 21.2 Å². The number of para-hydroxylation sites is 1. The second-order valence-electron chi connectivity index (χ2n) is 6.11. The van der Waals surface area contributed by atoms with Crippen molar-refractivity contribution in [3.05, 3.63) is 70.7 Å². The van der Waals surface area contributed by atoms with E-state index in [0.717, 1.165) is 6.08 Å². The van der Waals surface area contributed by atoms with E-state index in [4.69, 9.17) is 14.6 Å². The molecule has 0 fully saturated rings. The van der Waals surface area contributed by atoms with Crippen molar-refractivity contribution < 1.29 is 29.3 Å². The highest BCUT2D eigenvalue weighted by atomic mass is 79.9. The van der Waals surface area contributed by atoms with Crippen molar-refractivity contribution in [2.45, 2.75) is 25.0 Å². The molecule has 1 amide bonds. The Hall–Kier alpha value is -2.84. The summed E-state index contributed by atoms with van der Waals surface area (Å²) in [5.74, 6) is -1.09. The average molecular weight is 464 g/mol. The number of aromatic hydroxyl groups is 1. The first-order valence-corrected chi connectivity index (χ1v) is 9.63. The van der Waals surface area contributed by atoms with Gasteiger partial charge in [-0.3, -0.25) is 5.32 Å². The number of carboxylic acid groups (broad SMARTS) is 1. The molecule has 0 saturated heterocycles. The fourth-order valence-electron chi connectivity index (χ4n) is 2.71. The van der Waals surface area contributed by atoms with Gasteiger partial charge in [0.05, 0.1) is 6.10 Å². The highest BCUT2D eigenvalue weighted by Gasteiger charge is 2.29. The van der Waals surface area contributed by atoms with Gasteiger partial charge in [-0.15, -0.1) is 0 Å². The number of aliphatic carboxylic acids is 1. The van der Waals surface area contributed by atoms with Crippen molar-refractivity contribution in [2.75, 3.05) is 12.4 Å². The average Bonchev–Trinajstić information content (AvgIpc) is 2.69. The van der Waals surface area contributed by atoms with Crippen LogP contribution in [-0.4, -0.2) is 35.5 Å². The van der Waals surface area contributed by atoms with Crippen LogP contribution in [-0.2, 0) is 14.3 Å². The van der Waals surface area contributed by atoms with Gasteiger partial charge in [0.25, 0.3) is 0 Å². The van der Waals surface area contributed by atoms with Crippen LogP contribution < -0.4 is 5.32 Å². The van der Waals surface area contributed by atoms with Gasteiger partial charge in [0.15, 0.2) is 6.10 Å². The van der Waals surface area contributed by atoms with Gasteiger partial charge in [-0.1, -0.05) is 40.2 Å². The number of benzene rings is 2. The predicted molar refractivity (Wildman–Crippen MR) is 112 cm³/mol. The Kier molecular flexibility index (Phi) is 8.69. The lowest BCUT2D eigenvalue weighted by atomic mass is 9.99. The lowest BCUT2D eigenvalue weighted by molar-refractivity contribution is -0.131. The van der Waals surface area contributed by atoms with Gasteiger partial charge < -0.3 is 19.7 Å². The molecule has 2 aromatic carbocycles. The summed E-state index contributed by atoms with van der Waals surface area (Å²) in [5, 5.41) is 21.7. The van der Waals surface area contributed by atoms with Crippen LogP contribution in [0.25, 0.3) is 0 Å². The van der Waals surface area contributed by atoms with Gasteiger partial charge in [-0.25, -0.2) is 9.59 Å². The van der Waals surface area contributed by atoms with Crippen molar-refractivity contribution >= 4 is 33.7 Å². The van der Waals surface area contributed by atoms with E-state index in [1.165, 1.54) is 19.3 Å². The van der Waals surface area contributed by atoms with E-state index >= 15 is 0 Å². The van der Waals surface area contributed by atoms with E-state index < -0.39 is 24.3 Å². The third-order valence-electron chi connectivity index (χ3n) is 4.07. The van der Waals surface area contributed by atoms with Crippen molar-refractivity contribution in [1.29, 1.82) is 0 Å². The zero-order valence-electron chi connectivity index (χ0n) is 15.7. The zero-order chi connectivity index (χ0) is 21.2. The second kappa shape index (κ2) is 11.2. The quantitative estimate of drug-likeness (QED) is 0.457. The molecule has 154 valence electrons. The first-order chi connectivity index (χ1) is 13.9. The van der Waals surface area contributed by atoms with Crippen LogP contribution in [0.1, 0.15) is 24.5 Å². The molecule has 0 bridgehead atoms. The molecular weight excluding hydrogens is 442 g/mol. The number of allylic oxidation sites excluding steroid dienone is 1. The van der Waals surface area contributed by atoms with Crippen LogP contribution >= 0.6 is 15.9 Å². The van der Waals surface area contributed by atoms with Crippen LogP contribution in [0.15, 0.2) is 65.2 Å². The molecule has 29 heavy (non-hydrogen) atoms. The van der Waals surface area contributed by atoms with Crippen molar-refractivity contribution in [2.24, 2.45) is 0 Å². The van der Waals surface area contributed by atoms with Gasteiger partial charge in [0, 0.05) is 28.9 Å². The van der Waals surface area contributed by atoms with Crippen molar-refractivity contribution in [3.63, 3.8) is 0 Å². The van der Waals surface area contributed by atoms with Gasteiger partial charge in [0.1, 0.15) is 5.75 Å². The number of carbonyl (C=O) groups is 2. The molecule has 0 unspecified atom stereocenters. The number of amides is 1. The first-order valence-electron chi connectivity index (χ1n) is 8.84. The lowest BCUT2D eigenvalue weighted by Crippen LogP contribution is -2.28. The minimum Gasteiger partial charge on any atom is -0.508 e. The van der Waals surface area contributed by atoms with E-state index in [-0.39, 0.29) is 5.75 Å². The minimum absolute atomic E-state index is 0.0474. The molecule has 7 nitrogen and oxygen atoms in total. The van der Waals surface area contributed by atoms with Crippen LogP contribution in [0.5, 0.6) is 5.75 Å². The topological polar surface area (TPSA) is 105 Å². The summed E-state index contributed by atoms with van der Waals surface area (Å²) < 4.78 is 11.8. The molecule has 0 spiro atoms. The highest BCUT2D eigenvalue weighted by Crippen LogP contribution is 2.34. The Morgan fingerprint density at radius 3 is 2.59 bits per heavy atom. The molecule has 2 aromatic rings. The summed E-state index contributed by atoms with van der Waals surface area (Å²) in [5.41, 5.74) is 0.935. The number of carboxylic acids is 1. The van der Waals surface area contributed by atoms with Gasteiger partial charge in [-0.05, 0) is 43.2 Å². The Morgan fingerprint density at radius 1 is 1.21 bits per heavy atom. The Labute approximate surface area is 177 Å². The van der Waals surface area contributed by atoms with Gasteiger partial charge in [-0.2, -0.15) is 0 Å². The van der Waals surface area contributed by atoms with Crippen molar-refractivity contribution in [1.82, 2.24) is 0 Å². The summed E-state index contributed by atoms with van der Waals surface area (Å²) >= 11 is 3.35. The van der Waals surface area contributed by atoms with Gasteiger partial charge >= 0.3 is 12.1 Å². The number of halogens is 1.